The molecule has 32 heavy (non-hydrogen) atoms. The Morgan fingerprint density at radius 3 is 2.56 bits per heavy atom. The smallest absolute Gasteiger partial charge is 0.339 e. The Morgan fingerprint density at radius 1 is 1.06 bits per heavy atom. The van der Waals surface area contributed by atoms with Crippen LogP contribution in [-0.2, 0) is 11.3 Å². The highest BCUT2D eigenvalue weighted by Gasteiger charge is 2.21. The molecule has 4 rings (SSSR count). The van der Waals surface area contributed by atoms with Crippen molar-refractivity contribution >= 4 is 22.8 Å². The summed E-state index contributed by atoms with van der Waals surface area (Å²) in [5.74, 6) is -1.66. The van der Waals surface area contributed by atoms with Gasteiger partial charge in [-0.3, -0.25) is 4.79 Å². The lowest BCUT2D eigenvalue weighted by Gasteiger charge is -2.10. The second kappa shape index (κ2) is 8.97. The van der Waals surface area contributed by atoms with Gasteiger partial charge >= 0.3 is 5.97 Å². The van der Waals surface area contributed by atoms with Crippen LogP contribution in [0.4, 0.5) is 4.39 Å². The molecule has 0 bridgehead atoms. The van der Waals surface area contributed by atoms with Crippen LogP contribution >= 0.6 is 0 Å². The lowest BCUT2D eigenvalue weighted by atomic mass is 10.1. The number of aromatic nitrogens is 3. The summed E-state index contributed by atoms with van der Waals surface area (Å²) in [4.78, 5) is 30.2. The zero-order chi connectivity index (χ0) is 22.7. The van der Waals surface area contributed by atoms with Gasteiger partial charge in [-0.25, -0.2) is 18.9 Å². The molecule has 0 aliphatic rings. The minimum atomic E-state index is -0.700. The highest BCUT2D eigenvalue weighted by atomic mass is 19.1. The maximum atomic E-state index is 13.6. The number of hydrogen-bond donors (Lipinski definition) is 0. The van der Waals surface area contributed by atoms with E-state index >= 15 is 0 Å². The first-order valence-corrected chi connectivity index (χ1v) is 9.97. The molecule has 0 N–H and O–H groups in total. The van der Waals surface area contributed by atoms with E-state index in [0.717, 1.165) is 11.6 Å². The Morgan fingerprint density at radius 2 is 1.84 bits per heavy atom. The Bertz CT molecular complexity index is 1300. The number of benzene rings is 2. The Labute approximate surface area is 183 Å². The van der Waals surface area contributed by atoms with E-state index in [1.54, 1.807) is 16.9 Å². The van der Waals surface area contributed by atoms with Crippen molar-refractivity contribution in [3.63, 3.8) is 0 Å². The minimum Gasteiger partial charge on any atom is -0.496 e. The molecule has 4 aromatic rings. The Hall–Kier alpha value is -4.07. The number of ketones is 1. The number of Topliss-reactive ketones (excluding diaryl/α,β-unsaturated/α-hetero) is 1. The first-order valence-electron chi connectivity index (χ1n) is 9.97. The van der Waals surface area contributed by atoms with E-state index in [4.69, 9.17) is 9.47 Å². The zero-order valence-electron chi connectivity index (χ0n) is 17.5. The molecule has 8 heteroatoms. The second-order valence-corrected chi connectivity index (χ2v) is 6.96. The number of esters is 1. The minimum absolute atomic E-state index is 0.00366. The predicted octanol–water partition coefficient (Wildman–Crippen LogP) is 4.31. The van der Waals surface area contributed by atoms with Crippen LogP contribution in [-0.4, -0.2) is 40.2 Å². The van der Waals surface area contributed by atoms with Crippen molar-refractivity contribution < 1.29 is 23.5 Å². The number of ether oxygens (including phenoxy) is 2. The first-order chi connectivity index (χ1) is 15.5. The van der Waals surface area contributed by atoms with Crippen molar-refractivity contribution in [2.75, 3.05) is 13.7 Å². The molecule has 2 heterocycles. The summed E-state index contributed by atoms with van der Waals surface area (Å²) in [6, 6.07) is 14.6. The van der Waals surface area contributed by atoms with Crippen LogP contribution in [0, 0.1) is 5.82 Å². The van der Waals surface area contributed by atoms with Crippen LogP contribution in [0.1, 0.15) is 27.6 Å². The second-order valence-electron chi connectivity index (χ2n) is 6.96. The molecule has 7 nitrogen and oxygen atoms in total. The standard InChI is InChI=1S/C24H20FN3O4/c1-3-28-23-19(13-26-28)17(12-20(27-23)15-7-5-4-6-8-15)24(30)32-14-21(29)18-11-16(25)9-10-22(18)31-2/h4-13H,3,14H2,1-2H3. The Balaban J connectivity index is 1.66. The molecular formula is C24H20FN3O4. The molecule has 2 aromatic carbocycles. The van der Waals surface area contributed by atoms with Crippen LogP contribution in [0.25, 0.3) is 22.3 Å². The number of fused-ring (bicyclic) bond motifs is 1. The average molecular weight is 433 g/mol. The number of methoxy groups -OCH3 is 1. The van der Waals surface area contributed by atoms with Crippen molar-refractivity contribution in [2.45, 2.75) is 13.5 Å². The fraction of sp³-hybridized carbons (Fsp3) is 0.167. The third-order valence-corrected chi connectivity index (χ3v) is 4.99. The van der Waals surface area contributed by atoms with E-state index < -0.39 is 24.2 Å². The number of carbonyl (C=O) groups excluding carboxylic acids is 2. The van der Waals surface area contributed by atoms with Crippen molar-refractivity contribution in [1.82, 2.24) is 14.8 Å². The van der Waals surface area contributed by atoms with E-state index in [1.807, 2.05) is 37.3 Å². The molecule has 162 valence electrons. The largest absolute Gasteiger partial charge is 0.496 e. The van der Waals surface area contributed by atoms with Gasteiger partial charge in [-0.15, -0.1) is 0 Å². The number of aryl methyl sites for hydroxylation is 1. The predicted molar refractivity (Wildman–Crippen MR) is 116 cm³/mol. The summed E-state index contributed by atoms with van der Waals surface area (Å²) >= 11 is 0. The van der Waals surface area contributed by atoms with Gasteiger partial charge in [0, 0.05) is 12.1 Å². The van der Waals surface area contributed by atoms with Crippen LogP contribution < -0.4 is 4.74 Å². The van der Waals surface area contributed by atoms with Crippen LogP contribution in [0.15, 0.2) is 60.8 Å². The number of nitrogens with zero attached hydrogens (tertiary/aromatic N) is 3. The Kier molecular flexibility index (Phi) is 5.93. The molecule has 0 radical (unpaired) electrons. The van der Waals surface area contributed by atoms with Crippen LogP contribution in [0.5, 0.6) is 5.75 Å². The molecule has 0 saturated carbocycles. The highest BCUT2D eigenvalue weighted by molar-refractivity contribution is 6.06. The van der Waals surface area contributed by atoms with Crippen molar-refractivity contribution in [3.05, 3.63) is 77.7 Å². The van der Waals surface area contributed by atoms with Crippen LogP contribution in [0.3, 0.4) is 0 Å². The summed E-state index contributed by atoms with van der Waals surface area (Å²) in [6.45, 7) is 1.93. The molecule has 0 atom stereocenters. The van der Waals surface area contributed by atoms with Gasteiger partial charge in [0.25, 0.3) is 0 Å². The molecule has 0 amide bonds. The van der Waals surface area contributed by atoms with Gasteiger partial charge in [-0.05, 0) is 31.2 Å². The van der Waals surface area contributed by atoms with Gasteiger partial charge in [0.15, 0.2) is 12.3 Å². The van der Waals surface area contributed by atoms with Gasteiger partial charge in [0.2, 0.25) is 5.78 Å². The maximum Gasteiger partial charge on any atom is 0.339 e. The molecule has 0 aliphatic carbocycles. The van der Waals surface area contributed by atoms with Crippen molar-refractivity contribution in [3.8, 4) is 17.0 Å². The van der Waals surface area contributed by atoms with Gasteiger partial charge in [0.1, 0.15) is 11.6 Å². The molecule has 0 spiro atoms. The fourth-order valence-corrected chi connectivity index (χ4v) is 3.39. The molecule has 2 aromatic heterocycles. The lowest BCUT2D eigenvalue weighted by Crippen LogP contribution is -2.16. The van der Waals surface area contributed by atoms with E-state index in [0.29, 0.717) is 23.3 Å². The number of hydrogen-bond acceptors (Lipinski definition) is 6. The average Bonchev–Trinajstić information content (AvgIpc) is 3.25. The number of pyridine rings is 1. The van der Waals surface area contributed by atoms with Gasteiger partial charge in [-0.2, -0.15) is 5.10 Å². The molecule has 0 saturated heterocycles. The summed E-state index contributed by atoms with van der Waals surface area (Å²) in [7, 11) is 1.38. The number of carbonyl (C=O) groups is 2. The quantitative estimate of drug-likeness (QED) is 0.319. The van der Waals surface area contributed by atoms with Crippen molar-refractivity contribution in [2.24, 2.45) is 0 Å². The van der Waals surface area contributed by atoms with Gasteiger partial charge < -0.3 is 9.47 Å². The lowest BCUT2D eigenvalue weighted by molar-refractivity contribution is 0.0476. The summed E-state index contributed by atoms with van der Waals surface area (Å²) in [5, 5.41) is 4.81. The van der Waals surface area contributed by atoms with E-state index in [-0.39, 0.29) is 16.9 Å². The zero-order valence-corrected chi connectivity index (χ0v) is 17.5. The van der Waals surface area contributed by atoms with E-state index in [1.165, 1.54) is 19.2 Å². The summed E-state index contributed by atoms with van der Waals surface area (Å²) in [6.07, 6.45) is 1.55. The third-order valence-electron chi connectivity index (χ3n) is 4.99. The van der Waals surface area contributed by atoms with Crippen LogP contribution in [0.2, 0.25) is 0 Å². The molecule has 0 unspecified atom stereocenters. The summed E-state index contributed by atoms with van der Waals surface area (Å²) < 4.78 is 25.7. The first kappa shape index (κ1) is 21.2. The monoisotopic (exact) mass is 433 g/mol. The SMILES string of the molecule is CCn1ncc2c(C(=O)OCC(=O)c3cc(F)ccc3OC)cc(-c3ccccc3)nc21. The molecule has 0 aliphatic heterocycles. The molecular weight excluding hydrogens is 413 g/mol. The third kappa shape index (κ3) is 4.07. The molecule has 0 fully saturated rings. The highest BCUT2D eigenvalue weighted by Crippen LogP contribution is 2.26. The topological polar surface area (TPSA) is 83.3 Å². The van der Waals surface area contributed by atoms with Crippen molar-refractivity contribution in [1.29, 1.82) is 0 Å². The maximum absolute atomic E-state index is 13.6. The summed E-state index contributed by atoms with van der Waals surface area (Å²) in [5.41, 5.74) is 2.20. The number of halogens is 1. The fourth-order valence-electron chi connectivity index (χ4n) is 3.39. The van der Waals surface area contributed by atoms with Gasteiger partial charge in [0.05, 0.1) is 35.5 Å². The van der Waals surface area contributed by atoms with Gasteiger partial charge in [-0.1, -0.05) is 30.3 Å². The van der Waals surface area contributed by atoms with E-state index in [9.17, 15) is 14.0 Å². The van der Waals surface area contributed by atoms with E-state index in [2.05, 4.69) is 10.1 Å². The number of rotatable bonds is 7. The normalized spacial score (nSPS) is 10.8.